The van der Waals surface area contributed by atoms with E-state index in [1.807, 2.05) is 11.8 Å². The minimum absolute atomic E-state index is 0. The monoisotopic (exact) mass is 372 g/mol. The number of amides is 1. The molecular formula is C17H25ClN2O3S. The Morgan fingerprint density at radius 1 is 1.17 bits per heavy atom. The van der Waals surface area contributed by atoms with Gasteiger partial charge in [0.15, 0.2) is 9.84 Å². The van der Waals surface area contributed by atoms with Gasteiger partial charge in [-0.25, -0.2) is 8.42 Å². The van der Waals surface area contributed by atoms with Gasteiger partial charge >= 0.3 is 0 Å². The Bertz CT molecular complexity index is 670. The van der Waals surface area contributed by atoms with Crippen molar-refractivity contribution in [2.24, 2.45) is 0 Å². The Morgan fingerprint density at radius 3 is 2.38 bits per heavy atom. The highest BCUT2D eigenvalue weighted by atomic mass is 35.5. The molecule has 0 spiro atoms. The molecule has 2 fully saturated rings. The molecule has 1 aliphatic carbocycles. The zero-order valence-electron chi connectivity index (χ0n) is 13.9. The van der Waals surface area contributed by atoms with Gasteiger partial charge < -0.3 is 10.2 Å². The number of halogens is 1. The molecule has 0 aromatic heterocycles. The second-order valence-electron chi connectivity index (χ2n) is 6.53. The van der Waals surface area contributed by atoms with Crippen molar-refractivity contribution in [3.05, 3.63) is 29.8 Å². The van der Waals surface area contributed by atoms with Crippen LogP contribution in [0.25, 0.3) is 0 Å². The van der Waals surface area contributed by atoms with E-state index in [0.29, 0.717) is 17.0 Å². The number of nitrogens with one attached hydrogen (secondary N) is 1. The summed E-state index contributed by atoms with van der Waals surface area (Å²) in [6.45, 7) is 4.29. The minimum Gasteiger partial charge on any atom is -0.333 e. The van der Waals surface area contributed by atoms with Crippen molar-refractivity contribution < 1.29 is 13.2 Å². The lowest BCUT2D eigenvalue weighted by Gasteiger charge is -2.34. The van der Waals surface area contributed by atoms with Crippen molar-refractivity contribution in [1.82, 2.24) is 10.2 Å². The Labute approximate surface area is 150 Å². The van der Waals surface area contributed by atoms with Crippen LogP contribution in [0.3, 0.4) is 0 Å². The van der Waals surface area contributed by atoms with E-state index in [0.717, 1.165) is 38.8 Å². The fraction of sp³-hybridized carbons (Fsp3) is 0.588. The Kier molecular flexibility index (Phi) is 6.28. The molecule has 1 amide bonds. The van der Waals surface area contributed by atoms with Crippen LogP contribution >= 0.6 is 12.4 Å². The zero-order chi connectivity index (χ0) is 16.4. The van der Waals surface area contributed by atoms with Crippen LogP contribution in [-0.2, 0) is 9.84 Å². The number of rotatable bonds is 3. The number of piperazine rings is 1. The first-order chi connectivity index (χ1) is 11.0. The fourth-order valence-corrected chi connectivity index (χ4v) is 5.34. The van der Waals surface area contributed by atoms with Crippen LogP contribution in [0, 0.1) is 0 Å². The van der Waals surface area contributed by atoms with Crippen molar-refractivity contribution >= 4 is 28.2 Å². The summed E-state index contributed by atoms with van der Waals surface area (Å²) in [5.74, 6) is -0.0242. The number of hydrogen-bond donors (Lipinski definition) is 1. The van der Waals surface area contributed by atoms with Gasteiger partial charge in [0, 0.05) is 31.2 Å². The Balaban J connectivity index is 0.00000208. The van der Waals surface area contributed by atoms with E-state index in [1.165, 1.54) is 0 Å². The van der Waals surface area contributed by atoms with Crippen LogP contribution in [0.1, 0.15) is 43.0 Å². The summed E-state index contributed by atoms with van der Waals surface area (Å²) < 4.78 is 25.1. The highest BCUT2D eigenvalue weighted by Gasteiger charge is 2.30. The van der Waals surface area contributed by atoms with E-state index >= 15 is 0 Å². The summed E-state index contributed by atoms with van der Waals surface area (Å²) in [5, 5.41) is 3.01. The first-order valence-electron chi connectivity index (χ1n) is 8.36. The molecule has 2 aliphatic rings. The van der Waals surface area contributed by atoms with Gasteiger partial charge in [-0.2, -0.15) is 0 Å². The number of sulfone groups is 1. The van der Waals surface area contributed by atoms with E-state index in [-0.39, 0.29) is 29.6 Å². The summed E-state index contributed by atoms with van der Waals surface area (Å²) in [4.78, 5) is 14.8. The van der Waals surface area contributed by atoms with E-state index in [1.54, 1.807) is 24.3 Å². The maximum atomic E-state index is 12.6. The number of carbonyl (C=O) groups excluding carboxylic acids is 1. The molecule has 1 saturated carbocycles. The first-order valence-corrected chi connectivity index (χ1v) is 9.90. The standard InChI is InChI=1S/C17H24N2O3S.ClH/c1-13-12-18-10-11-19(13)17(20)14-6-8-16(9-7-14)23(21,22)15-4-2-3-5-15;/h6-9,13,15,18H,2-5,10-12H2,1H3;1H/t13-;/m1./s1. The zero-order valence-corrected chi connectivity index (χ0v) is 15.5. The Morgan fingerprint density at radius 2 is 1.79 bits per heavy atom. The molecule has 0 bridgehead atoms. The van der Waals surface area contributed by atoms with Gasteiger partial charge in [0.25, 0.3) is 5.91 Å². The second kappa shape index (κ2) is 7.85. The topological polar surface area (TPSA) is 66.5 Å². The van der Waals surface area contributed by atoms with Gasteiger partial charge in [-0.15, -0.1) is 12.4 Å². The van der Waals surface area contributed by atoms with Crippen LogP contribution in [-0.4, -0.2) is 50.2 Å². The third-order valence-corrected chi connectivity index (χ3v) is 7.21. The van der Waals surface area contributed by atoms with Crippen molar-refractivity contribution in [2.45, 2.75) is 48.8 Å². The average Bonchev–Trinajstić information content (AvgIpc) is 3.10. The maximum absolute atomic E-state index is 12.6. The predicted molar refractivity (Wildman–Crippen MR) is 96.5 cm³/mol. The molecule has 1 aromatic rings. The normalized spacial score (nSPS) is 22.2. The summed E-state index contributed by atoms with van der Waals surface area (Å²) in [6.07, 6.45) is 3.48. The predicted octanol–water partition coefficient (Wildman–Crippen LogP) is 2.26. The van der Waals surface area contributed by atoms with E-state index in [9.17, 15) is 13.2 Å². The molecule has 1 atom stereocenters. The Hall–Kier alpha value is -1.11. The van der Waals surface area contributed by atoms with Crippen molar-refractivity contribution in [1.29, 1.82) is 0 Å². The SMILES string of the molecule is C[C@@H]1CNCCN1C(=O)c1ccc(S(=O)(=O)C2CCCC2)cc1.Cl. The lowest BCUT2D eigenvalue weighted by atomic mass is 10.1. The molecule has 1 saturated heterocycles. The van der Waals surface area contributed by atoms with Crippen LogP contribution in [0.2, 0.25) is 0 Å². The lowest BCUT2D eigenvalue weighted by molar-refractivity contribution is 0.0655. The van der Waals surface area contributed by atoms with Crippen molar-refractivity contribution in [2.75, 3.05) is 19.6 Å². The highest BCUT2D eigenvalue weighted by molar-refractivity contribution is 7.92. The number of nitrogens with zero attached hydrogens (tertiary/aromatic N) is 1. The third kappa shape index (κ3) is 3.76. The second-order valence-corrected chi connectivity index (χ2v) is 8.76. The average molecular weight is 373 g/mol. The highest BCUT2D eigenvalue weighted by Crippen LogP contribution is 2.29. The third-order valence-electron chi connectivity index (χ3n) is 4.93. The van der Waals surface area contributed by atoms with Crippen molar-refractivity contribution in [3.63, 3.8) is 0 Å². The molecule has 0 radical (unpaired) electrons. The quantitative estimate of drug-likeness (QED) is 0.883. The molecule has 1 N–H and O–H groups in total. The molecule has 5 nitrogen and oxygen atoms in total. The first kappa shape index (κ1) is 19.2. The summed E-state index contributed by atoms with van der Waals surface area (Å²) in [6, 6.07) is 6.64. The van der Waals surface area contributed by atoms with E-state index in [4.69, 9.17) is 0 Å². The molecular weight excluding hydrogens is 348 g/mol. The number of carbonyl (C=O) groups is 1. The van der Waals surface area contributed by atoms with E-state index in [2.05, 4.69) is 5.32 Å². The largest absolute Gasteiger partial charge is 0.333 e. The van der Waals surface area contributed by atoms with Crippen LogP contribution in [0.15, 0.2) is 29.2 Å². The molecule has 7 heteroatoms. The fourth-order valence-electron chi connectivity index (χ4n) is 3.49. The molecule has 1 aromatic carbocycles. The van der Waals surface area contributed by atoms with Gasteiger partial charge in [-0.3, -0.25) is 4.79 Å². The van der Waals surface area contributed by atoms with Crippen LogP contribution in [0.4, 0.5) is 0 Å². The lowest BCUT2D eigenvalue weighted by Crippen LogP contribution is -2.52. The van der Waals surface area contributed by atoms with Crippen molar-refractivity contribution in [3.8, 4) is 0 Å². The van der Waals surface area contributed by atoms with Crippen LogP contribution < -0.4 is 5.32 Å². The number of benzene rings is 1. The van der Waals surface area contributed by atoms with Crippen LogP contribution in [0.5, 0.6) is 0 Å². The van der Waals surface area contributed by atoms with Gasteiger partial charge in [-0.05, 0) is 44.0 Å². The van der Waals surface area contributed by atoms with Gasteiger partial charge in [0.05, 0.1) is 10.1 Å². The molecule has 134 valence electrons. The molecule has 3 rings (SSSR count). The van der Waals surface area contributed by atoms with Gasteiger partial charge in [0.1, 0.15) is 0 Å². The molecule has 0 unspecified atom stereocenters. The molecule has 24 heavy (non-hydrogen) atoms. The summed E-state index contributed by atoms with van der Waals surface area (Å²) in [7, 11) is -3.25. The smallest absolute Gasteiger partial charge is 0.254 e. The van der Waals surface area contributed by atoms with Gasteiger partial charge in [0.2, 0.25) is 0 Å². The number of hydrogen-bond acceptors (Lipinski definition) is 4. The van der Waals surface area contributed by atoms with Gasteiger partial charge in [-0.1, -0.05) is 12.8 Å². The molecule has 1 heterocycles. The maximum Gasteiger partial charge on any atom is 0.254 e. The summed E-state index contributed by atoms with van der Waals surface area (Å²) >= 11 is 0. The molecule has 1 aliphatic heterocycles. The van der Waals surface area contributed by atoms with E-state index < -0.39 is 9.84 Å². The summed E-state index contributed by atoms with van der Waals surface area (Å²) in [5.41, 5.74) is 0.559. The minimum atomic E-state index is -3.25.